The van der Waals surface area contributed by atoms with Crippen molar-refractivity contribution in [2.24, 2.45) is 5.73 Å². The average Bonchev–Trinajstić information content (AvgIpc) is 2.78. The van der Waals surface area contributed by atoms with Gasteiger partial charge in [-0.1, -0.05) is 38.1 Å². The fourth-order valence-corrected chi connectivity index (χ4v) is 4.41. The molecule has 7 heteroatoms. The summed E-state index contributed by atoms with van der Waals surface area (Å²) in [7, 11) is 0. The number of carbonyl (C=O) groups is 3. The molecule has 6 nitrogen and oxygen atoms in total. The Labute approximate surface area is 187 Å². The zero-order valence-electron chi connectivity index (χ0n) is 18.2. The number of benzene rings is 2. The van der Waals surface area contributed by atoms with Gasteiger partial charge in [-0.3, -0.25) is 14.4 Å². The van der Waals surface area contributed by atoms with Crippen LogP contribution in [0.3, 0.4) is 0 Å². The van der Waals surface area contributed by atoms with Crippen LogP contribution < -0.4 is 5.73 Å². The minimum absolute atomic E-state index is 0.00589. The lowest BCUT2D eigenvalue weighted by Gasteiger charge is -2.35. The standard InChI is InChI=1S/C24H29N3O3S/c1-16(2)18-8-10-19(11-9-18)23(29)26-12-14-27(15-13-26)24(30)20-6-4-5-7-21(20)31-17(3)22(25)28/h4-11,16-17H,12-15H2,1-3H3,(H2,25,28)/t17-/m0/s1. The Balaban J connectivity index is 1.64. The molecule has 1 aliphatic rings. The third kappa shape index (κ3) is 5.47. The van der Waals surface area contributed by atoms with Gasteiger partial charge in [0.25, 0.3) is 11.8 Å². The summed E-state index contributed by atoms with van der Waals surface area (Å²) in [6, 6.07) is 15.0. The zero-order chi connectivity index (χ0) is 22.5. The normalized spacial score (nSPS) is 15.1. The van der Waals surface area contributed by atoms with Gasteiger partial charge in [0.05, 0.1) is 10.8 Å². The van der Waals surface area contributed by atoms with Crippen LogP contribution in [0.25, 0.3) is 0 Å². The van der Waals surface area contributed by atoms with Gasteiger partial charge in [-0.2, -0.15) is 0 Å². The number of nitrogens with two attached hydrogens (primary N) is 1. The van der Waals surface area contributed by atoms with E-state index in [0.717, 1.165) is 4.90 Å². The number of amides is 3. The molecule has 0 aromatic heterocycles. The number of piperazine rings is 1. The van der Waals surface area contributed by atoms with Gasteiger partial charge in [-0.05, 0) is 42.7 Å². The maximum Gasteiger partial charge on any atom is 0.255 e. The summed E-state index contributed by atoms with van der Waals surface area (Å²) in [6.07, 6.45) is 0. The summed E-state index contributed by atoms with van der Waals surface area (Å²) in [5.74, 6) is -0.0895. The summed E-state index contributed by atoms with van der Waals surface area (Å²) in [4.78, 5) is 41.7. The summed E-state index contributed by atoms with van der Waals surface area (Å²) in [5, 5.41) is -0.425. The van der Waals surface area contributed by atoms with E-state index in [9.17, 15) is 14.4 Å². The van der Waals surface area contributed by atoms with Gasteiger partial charge in [0.1, 0.15) is 0 Å². The lowest BCUT2D eigenvalue weighted by atomic mass is 10.0. The van der Waals surface area contributed by atoms with Crippen molar-refractivity contribution in [2.75, 3.05) is 26.2 Å². The molecule has 0 unspecified atom stereocenters. The number of hydrogen-bond donors (Lipinski definition) is 1. The second kappa shape index (κ2) is 10.0. The molecule has 1 atom stereocenters. The first-order valence-corrected chi connectivity index (χ1v) is 11.4. The Morgan fingerprint density at radius 2 is 1.39 bits per heavy atom. The average molecular weight is 440 g/mol. The molecule has 0 spiro atoms. The molecule has 3 rings (SSSR count). The predicted octanol–water partition coefficient (Wildman–Crippen LogP) is 3.37. The SMILES string of the molecule is CC(C)c1ccc(C(=O)N2CCN(C(=O)c3ccccc3S[C@@H](C)C(N)=O)CC2)cc1. The third-order valence-corrected chi connectivity index (χ3v) is 6.70. The van der Waals surface area contributed by atoms with Crippen molar-refractivity contribution >= 4 is 29.5 Å². The van der Waals surface area contributed by atoms with Crippen molar-refractivity contribution in [1.29, 1.82) is 0 Å². The molecular weight excluding hydrogens is 410 g/mol. The molecule has 0 radical (unpaired) electrons. The molecule has 2 N–H and O–H groups in total. The Morgan fingerprint density at radius 3 is 1.94 bits per heavy atom. The maximum atomic E-state index is 13.1. The van der Waals surface area contributed by atoms with Crippen LogP contribution in [0.5, 0.6) is 0 Å². The van der Waals surface area contributed by atoms with Gasteiger partial charge in [-0.25, -0.2) is 0 Å². The van der Waals surface area contributed by atoms with Crippen molar-refractivity contribution in [1.82, 2.24) is 9.80 Å². The van der Waals surface area contributed by atoms with Crippen LogP contribution in [0.15, 0.2) is 53.4 Å². The van der Waals surface area contributed by atoms with E-state index in [0.29, 0.717) is 43.2 Å². The summed E-state index contributed by atoms with van der Waals surface area (Å²) < 4.78 is 0. The lowest BCUT2D eigenvalue weighted by molar-refractivity contribution is -0.117. The molecule has 1 saturated heterocycles. The number of nitrogens with zero attached hydrogens (tertiary/aromatic N) is 2. The first-order valence-electron chi connectivity index (χ1n) is 10.5. The van der Waals surface area contributed by atoms with Gasteiger partial charge < -0.3 is 15.5 Å². The Hall–Kier alpha value is -2.80. The Kier molecular flexibility index (Phi) is 7.38. The van der Waals surface area contributed by atoms with Crippen LogP contribution in [0.2, 0.25) is 0 Å². The molecule has 0 bridgehead atoms. The van der Waals surface area contributed by atoms with Crippen molar-refractivity contribution in [3.63, 3.8) is 0 Å². The van der Waals surface area contributed by atoms with Crippen LogP contribution >= 0.6 is 11.8 Å². The first-order chi connectivity index (χ1) is 14.8. The highest BCUT2D eigenvalue weighted by Gasteiger charge is 2.27. The maximum absolute atomic E-state index is 13.1. The van der Waals surface area contributed by atoms with Crippen LogP contribution in [-0.2, 0) is 4.79 Å². The number of hydrogen-bond acceptors (Lipinski definition) is 4. The molecule has 1 heterocycles. The first kappa shape index (κ1) is 22.9. The summed E-state index contributed by atoms with van der Waals surface area (Å²) in [6.45, 7) is 7.90. The van der Waals surface area contributed by atoms with E-state index in [1.54, 1.807) is 22.8 Å². The van der Waals surface area contributed by atoms with Crippen LogP contribution in [0, 0.1) is 0 Å². The van der Waals surface area contributed by atoms with E-state index >= 15 is 0 Å². The van der Waals surface area contributed by atoms with Crippen molar-refractivity contribution < 1.29 is 14.4 Å². The minimum atomic E-state index is -0.425. The van der Waals surface area contributed by atoms with E-state index in [2.05, 4.69) is 13.8 Å². The monoisotopic (exact) mass is 439 g/mol. The van der Waals surface area contributed by atoms with Crippen molar-refractivity contribution in [2.45, 2.75) is 36.8 Å². The van der Waals surface area contributed by atoms with Crippen LogP contribution in [0.1, 0.15) is 53.0 Å². The second-order valence-corrected chi connectivity index (χ2v) is 9.40. The third-order valence-electron chi connectivity index (χ3n) is 5.50. The molecule has 2 aromatic rings. The molecule has 3 amide bonds. The molecule has 31 heavy (non-hydrogen) atoms. The van der Waals surface area contributed by atoms with Gasteiger partial charge in [0.2, 0.25) is 5.91 Å². The molecule has 2 aromatic carbocycles. The van der Waals surface area contributed by atoms with Gasteiger partial charge in [-0.15, -0.1) is 11.8 Å². The van der Waals surface area contributed by atoms with E-state index in [1.165, 1.54) is 17.3 Å². The zero-order valence-corrected chi connectivity index (χ0v) is 19.0. The number of primary amides is 1. The second-order valence-electron chi connectivity index (χ2n) is 8.02. The summed E-state index contributed by atoms with van der Waals surface area (Å²) in [5.41, 5.74) is 7.81. The number of rotatable bonds is 6. The quantitative estimate of drug-likeness (QED) is 0.700. The van der Waals surface area contributed by atoms with E-state index in [1.807, 2.05) is 42.5 Å². The van der Waals surface area contributed by atoms with Crippen molar-refractivity contribution in [3.05, 3.63) is 65.2 Å². The fraction of sp³-hybridized carbons (Fsp3) is 0.375. The molecule has 0 saturated carbocycles. The smallest absolute Gasteiger partial charge is 0.255 e. The van der Waals surface area contributed by atoms with Gasteiger partial charge >= 0.3 is 0 Å². The molecular formula is C24H29N3O3S. The molecule has 0 aliphatic carbocycles. The number of thioether (sulfide) groups is 1. The topological polar surface area (TPSA) is 83.7 Å². The Bertz CT molecular complexity index is 951. The van der Waals surface area contributed by atoms with Crippen molar-refractivity contribution in [3.8, 4) is 0 Å². The minimum Gasteiger partial charge on any atom is -0.369 e. The molecule has 164 valence electrons. The lowest BCUT2D eigenvalue weighted by Crippen LogP contribution is -2.50. The Morgan fingerprint density at radius 1 is 0.839 bits per heavy atom. The highest BCUT2D eigenvalue weighted by atomic mass is 32.2. The largest absolute Gasteiger partial charge is 0.369 e. The van der Waals surface area contributed by atoms with Crippen LogP contribution in [0.4, 0.5) is 0 Å². The van der Waals surface area contributed by atoms with Gasteiger partial charge in [0.15, 0.2) is 0 Å². The number of carbonyl (C=O) groups excluding carboxylic acids is 3. The predicted molar refractivity (Wildman–Crippen MR) is 123 cm³/mol. The van der Waals surface area contributed by atoms with Gasteiger partial charge in [0, 0.05) is 36.6 Å². The highest BCUT2D eigenvalue weighted by Crippen LogP contribution is 2.28. The highest BCUT2D eigenvalue weighted by molar-refractivity contribution is 8.00. The summed E-state index contributed by atoms with van der Waals surface area (Å²) >= 11 is 1.29. The van der Waals surface area contributed by atoms with Crippen LogP contribution in [-0.4, -0.2) is 59.0 Å². The molecule has 1 aliphatic heterocycles. The molecule has 1 fully saturated rings. The van der Waals surface area contributed by atoms with E-state index in [-0.39, 0.29) is 11.8 Å². The van der Waals surface area contributed by atoms with E-state index in [4.69, 9.17) is 5.73 Å². The van der Waals surface area contributed by atoms with E-state index < -0.39 is 11.2 Å². The fourth-order valence-electron chi connectivity index (χ4n) is 3.47.